The fraction of sp³-hybridized carbons (Fsp3) is 0.696. The second kappa shape index (κ2) is 13.7. The summed E-state index contributed by atoms with van der Waals surface area (Å²) in [7, 11) is 0. The van der Waals surface area contributed by atoms with Crippen molar-refractivity contribution in [2.45, 2.75) is 85.0 Å². The van der Waals surface area contributed by atoms with Gasteiger partial charge in [0, 0.05) is 18.3 Å². The van der Waals surface area contributed by atoms with Gasteiger partial charge in [0.05, 0.1) is 12.4 Å². The third-order valence-corrected chi connectivity index (χ3v) is 6.19. The van der Waals surface area contributed by atoms with E-state index in [4.69, 9.17) is 5.73 Å². The first-order valence-corrected chi connectivity index (χ1v) is 11.8. The molecule has 0 radical (unpaired) electrons. The molecule has 0 aliphatic carbocycles. The summed E-state index contributed by atoms with van der Waals surface area (Å²) in [4.78, 5) is 57.1. The maximum Gasteiger partial charge on any atom is 0.326 e. The summed E-state index contributed by atoms with van der Waals surface area (Å²) in [6.07, 6.45) is 4.24. The Balaban J connectivity index is 2.97. The molecule has 11 nitrogen and oxygen atoms in total. The lowest BCUT2D eigenvalue weighted by molar-refractivity contribution is -0.142. The number of aromatic amines is 1. The van der Waals surface area contributed by atoms with Crippen molar-refractivity contribution in [3.05, 3.63) is 18.2 Å². The van der Waals surface area contributed by atoms with Crippen molar-refractivity contribution in [2.24, 2.45) is 23.5 Å². The molecular formula is C23H40N6O5. The fourth-order valence-electron chi connectivity index (χ4n) is 3.32. The van der Waals surface area contributed by atoms with Crippen LogP contribution in [0.2, 0.25) is 0 Å². The van der Waals surface area contributed by atoms with E-state index in [0.717, 1.165) is 0 Å². The smallest absolute Gasteiger partial charge is 0.326 e. The van der Waals surface area contributed by atoms with Gasteiger partial charge in [0.1, 0.15) is 18.1 Å². The predicted molar refractivity (Wildman–Crippen MR) is 127 cm³/mol. The van der Waals surface area contributed by atoms with E-state index in [1.807, 2.05) is 27.7 Å². The quantitative estimate of drug-likeness (QED) is 0.225. The third kappa shape index (κ3) is 8.44. The van der Waals surface area contributed by atoms with Crippen LogP contribution in [0.25, 0.3) is 0 Å². The van der Waals surface area contributed by atoms with Gasteiger partial charge in [-0.25, -0.2) is 9.78 Å². The molecule has 0 spiro atoms. The van der Waals surface area contributed by atoms with Gasteiger partial charge < -0.3 is 31.8 Å². The van der Waals surface area contributed by atoms with Gasteiger partial charge in [-0.3, -0.25) is 14.4 Å². The van der Waals surface area contributed by atoms with Gasteiger partial charge in [0.15, 0.2) is 0 Å². The largest absolute Gasteiger partial charge is 0.480 e. The van der Waals surface area contributed by atoms with Crippen molar-refractivity contribution in [3.8, 4) is 0 Å². The minimum Gasteiger partial charge on any atom is -0.480 e. The Morgan fingerprint density at radius 3 is 1.97 bits per heavy atom. The van der Waals surface area contributed by atoms with E-state index in [1.165, 1.54) is 12.5 Å². The average molecular weight is 481 g/mol. The Bertz CT molecular complexity index is 813. The van der Waals surface area contributed by atoms with Crippen LogP contribution in [0, 0.1) is 17.8 Å². The van der Waals surface area contributed by atoms with Crippen LogP contribution in [0.5, 0.6) is 0 Å². The van der Waals surface area contributed by atoms with Crippen LogP contribution < -0.4 is 21.7 Å². The number of carboxylic acid groups (broad SMARTS) is 1. The van der Waals surface area contributed by atoms with Crippen LogP contribution in [0.1, 0.15) is 60.1 Å². The third-order valence-electron chi connectivity index (χ3n) is 6.19. The van der Waals surface area contributed by atoms with Crippen LogP contribution in [0.15, 0.2) is 12.5 Å². The number of nitrogens with zero attached hydrogens (tertiary/aromatic N) is 1. The van der Waals surface area contributed by atoms with Crippen molar-refractivity contribution in [1.29, 1.82) is 0 Å². The maximum absolute atomic E-state index is 13.2. The zero-order chi connectivity index (χ0) is 26.0. The molecule has 1 rings (SSSR count). The number of aliphatic carboxylic acids is 1. The number of amides is 3. The van der Waals surface area contributed by atoms with Gasteiger partial charge in [-0.2, -0.15) is 0 Å². The summed E-state index contributed by atoms with van der Waals surface area (Å²) in [5, 5.41) is 17.5. The Labute approximate surface area is 201 Å². The van der Waals surface area contributed by atoms with Crippen LogP contribution in [-0.4, -0.2) is 62.9 Å². The lowest BCUT2D eigenvalue weighted by Crippen LogP contribution is -2.60. The van der Waals surface area contributed by atoms with E-state index < -0.39 is 47.9 Å². The summed E-state index contributed by atoms with van der Waals surface area (Å²) in [6, 6.07) is -3.85. The van der Waals surface area contributed by atoms with Crippen molar-refractivity contribution in [2.75, 3.05) is 0 Å². The summed E-state index contributed by atoms with van der Waals surface area (Å²) >= 11 is 0. The van der Waals surface area contributed by atoms with Crippen molar-refractivity contribution < 1.29 is 24.3 Å². The zero-order valence-electron chi connectivity index (χ0n) is 20.9. The topological polar surface area (TPSA) is 179 Å². The molecule has 0 saturated heterocycles. The number of hydrogen-bond acceptors (Lipinski definition) is 6. The second-order valence-corrected chi connectivity index (χ2v) is 9.19. The lowest BCUT2D eigenvalue weighted by atomic mass is 9.94. The molecule has 0 aliphatic rings. The average Bonchev–Trinajstić information content (AvgIpc) is 3.31. The van der Waals surface area contributed by atoms with Gasteiger partial charge >= 0.3 is 5.97 Å². The van der Waals surface area contributed by atoms with Gasteiger partial charge in [-0.05, 0) is 17.8 Å². The van der Waals surface area contributed by atoms with E-state index >= 15 is 0 Å². The highest BCUT2D eigenvalue weighted by Gasteiger charge is 2.34. The summed E-state index contributed by atoms with van der Waals surface area (Å²) in [6.45, 7) is 11.0. The molecule has 0 bridgehead atoms. The highest BCUT2D eigenvalue weighted by Crippen LogP contribution is 2.12. The Hall–Kier alpha value is -2.95. The van der Waals surface area contributed by atoms with Gasteiger partial charge in [0.2, 0.25) is 17.7 Å². The SMILES string of the molecule is CCC(C)C(N)C(=O)NC(C(=O)NC(C(=O)NC(Cc1cnc[nH]1)C(=O)O)C(C)C)C(C)CC. The maximum atomic E-state index is 13.2. The molecule has 0 fully saturated rings. The normalized spacial score (nSPS) is 16.6. The van der Waals surface area contributed by atoms with E-state index in [9.17, 15) is 24.3 Å². The number of imidazole rings is 1. The van der Waals surface area contributed by atoms with E-state index in [-0.39, 0.29) is 24.2 Å². The molecule has 3 amide bonds. The van der Waals surface area contributed by atoms with E-state index in [0.29, 0.717) is 18.5 Å². The minimum atomic E-state index is -1.21. The number of rotatable bonds is 14. The van der Waals surface area contributed by atoms with E-state index in [2.05, 4.69) is 25.9 Å². The minimum absolute atomic E-state index is 0.0128. The zero-order valence-corrected chi connectivity index (χ0v) is 20.9. The van der Waals surface area contributed by atoms with Gasteiger partial charge in [-0.1, -0.05) is 54.4 Å². The van der Waals surface area contributed by atoms with Crippen LogP contribution in [0.3, 0.4) is 0 Å². The molecule has 34 heavy (non-hydrogen) atoms. The van der Waals surface area contributed by atoms with Crippen molar-refractivity contribution in [3.63, 3.8) is 0 Å². The molecule has 0 aliphatic heterocycles. The molecular weight excluding hydrogens is 440 g/mol. The van der Waals surface area contributed by atoms with Crippen molar-refractivity contribution in [1.82, 2.24) is 25.9 Å². The number of carbonyl (C=O) groups excluding carboxylic acids is 3. The summed E-state index contributed by atoms with van der Waals surface area (Å²) in [5.74, 6) is -3.38. The van der Waals surface area contributed by atoms with Crippen molar-refractivity contribution >= 4 is 23.7 Å². The first-order valence-electron chi connectivity index (χ1n) is 11.8. The number of carboxylic acids is 1. The number of nitrogens with two attached hydrogens (primary N) is 1. The number of hydrogen-bond donors (Lipinski definition) is 6. The molecule has 0 saturated carbocycles. The van der Waals surface area contributed by atoms with Gasteiger partial charge in [-0.15, -0.1) is 0 Å². The molecule has 6 unspecified atom stereocenters. The Morgan fingerprint density at radius 1 is 0.941 bits per heavy atom. The summed E-state index contributed by atoms with van der Waals surface area (Å²) < 4.78 is 0. The monoisotopic (exact) mass is 480 g/mol. The highest BCUT2D eigenvalue weighted by molar-refractivity contribution is 5.94. The number of nitrogens with one attached hydrogen (secondary N) is 4. The standard InChI is InChI=1S/C23H40N6O5/c1-7-13(5)17(24)20(30)29-19(14(6)8-2)22(32)28-18(12(3)4)21(31)27-16(23(33)34)9-15-10-25-11-26-15/h10-14,16-19H,7-9,24H2,1-6H3,(H,25,26)(H,27,31)(H,28,32)(H,29,30)(H,33,34). The lowest BCUT2D eigenvalue weighted by Gasteiger charge is -2.30. The molecule has 1 aromatic heterocycles. The van der Waals surface area contributed by atoms with Crippen LogP contribution >= 0.6 is 0 Å². The molecule has 192 valence electrons. The molecule has 11 heteroatoms. The molecule has 1 aromatic rings. The fourth-order valence-corrected chi connectivity index (χ4v) is 3.32. The molecule has 7 N–H and O–H groups in total. The number of H-pyrrole nitrogens is 1. The Morgan fingerprint density at radius 2 is 1.50 bits per heavy atom. The number of carbonyl (C=O) groups is 4. The molecule has 6 atom stereocenters. The van der Waals surface area contributed by atoms with Crippen LogP contribution in [0.4, 0.5) is 0 Å². The highest BCUT2D eigenvalue weighted by atomic mass is 16.4. The number of aromatic nitrogens is 2. The molecule has 0 aromatic carbocycles. The first kappa shape index (κ1) is 29.1. The first-order chi connectivity index (χ1) is 15.9. The van der Waals surface area contributed by atoms with Crippen LogP contribution in [-0.2, 0) is 25.6 Å². The Kier molecular flexibility index (Phi) is 11.7. The van der Waals surface area contributed by atoms with Gasteiger partial charge in [0.25, 0.3) is 0 Å². The summed E-state index contributed by atoms with van der Waals surface area (Å²) in [5.41, 5.74) is 6.58. The van der Waals surface area contributed by atoms with E-state index in [1.54, 1.807) is 13.8 Å². The molecule has 1 heterocycles. The second-order valence-electron chi connectivity index (χ2n) is 9.19. The predicted octanol–water partition coefficient (Wildman–Crippen LogP) is 0.567.